The summed E-state index contributed by atoms with van der Waals surface area (Å²) < 4.78 is 0. The lowest BCUT2D eigenvalue weighted by atomic mass is 10.0. The minimum atomic E-state index is -1.04. The summed E-state index contributed by atoms with van der Waals surface area (Å²) in [6.07, 6.45) is 0.485. The Kier molecular flexibility index (Phi) is 6.38. The first kappa shape index (κ1) is 16.4. The van der Waals surface area contributed by atoms with E-state index in [4.69, 9.17) is 5.11 Å². The van der Waals surface area contributed by atoms with E-state index in [9.17, 15) is 14.4 Å². The second-order valence-electron chi connectivity index (χ2n) is 4.99. The number of hydrogen-bond acceptors (Lipinski definition) is 4. The predicted octanol–water partition coefficient (Wildman–Crippen LogP) is 2.33. The van der Waals surface area contributed by atoms with Crippen LogP contribution in [0, 0.1) is 5.92 Å². The van der Waals surface area contributed by atoms with Gasteiger partial charge in [0, 0.05) is 12.8 Å². The van der Waals surface area contributed by atoms with Crippen LogP contribution in [0.1, 0.15) is 42.8 Å². The highest BCUT2D eigenvalue weighted by Crippen LogP contribution is 2.12. The Bertz CT molecular complexity index is 468. The summed E-state index contributed by atoms with van der Waals surface area (Å²) in [4.78, 5) is 35.0. The Morgan fingerprint density at radius 2 is 2.00 bits per heavy atom. The number of ketones is 1. The molecule has 1 aromatic rings. The highest BCUT2D eigenvalue weighted by atomic mass is 32.1. The van der Waals surface area contributed by atoms with Crippen LogP contribution < -0.4 is 5.32 Å². The molecule has 1 atom stereocenters. The van der Waals surface area contributed by atoms with Crippen molar-refractivity contribution in [3.63, 3.8) is 0 Å². The molecule has 2 N–H and O–H groups in total. The molecule has 0 aromatic carbocycles. The molecule has 0 aliphatic heterocycles. The maximum Gasteiger partial charge on any atom is 0.326 e. The zero-order valence-corrected chi connectivity index (χ0v) is 12.4. The van der Waals surface area contributed by atoms with Gasteiger partial charge in [-0.05, 0) is 23.8 Å². The SMILES string of the molecule is CC(C)C[C@@H](NC(=O)CCC(=O)c1cccs1)C(=O)O. The number of aliphatic carboxylic acids is 1. The van der Waals surface area contributed by atoms with Gasteiger partial charge in [-0.2, -0.15) is 0 Å². The fraction of sp³-hybridized carbons (Fsp3) is 0.500. The van der Waals surface area contributed by atoms with Gasteiger partial charge in [-0.15, -0.1) is 11.3 Å². The van der Waals surface area contributed by atoms with E-state index in [1.165, 1.54) is 11.3 Å². The van der Waals surface area contributed by atoms with E-state index in [1.54, 1.807) is 17.5 Å². The zero-order chi connectivity index (χ0) is 15.1. The monoisotopic (exact) mass is 297 g/mol. The Morgan fingerprint density at radius 1 is 1.30 bits per heavy atom. The van der Waals surface area contributed by atoms with Crippen molar-refractivity contribution in [2.45, 2.75) is 39.2 Å². The van der Waals surface area contributed by atoms with Crippen LogP contribution in [-0.2, 0) is 9.59 Å². The molecule has 0 fully saturated rings. The van der Waals surface area contributed by atoms with E-state index in [1.807, 2.05) is 13.8 Å². The largest absolute Gasteiger partial charge is 0.480 e. The van der Waals surface area contributed by atoms with E-state index in [-0.39, 0.29) is 24.5 Å². The second-order valence-corrected chi connectivity index (χ2v) is 5.94. The van der Waals surface area contributed by atoms with Crippen LogP contribution in [0.15, 0.2) is 17.5 Å². The van der Waals surface area contributed by atoms with Crippen LogP contribution in [0.4, 0.5) is 0 Å². The number of Topliss-reactive ketones (excluding diaryl/α,β-unsaturated/α-hetero) is 1. The van der Waals surface area contributed by atoms with Gasteiger partial charge in [0.25, 0.3) is 0 Å². The lowest BCUT2D eigenvalue weighted by molar-refractivity contribution is -0.142. The Labute approximate surface area is 122 Å². The van der Waals surface area contributed by atoms with Crippen LogP contribution >= 0.6 is 11.3 Å². The molecule has 1 heterocycles. The third-order valence-electron chi connectivity index (χ3n) is 2.72. The molecule has 0 saturated carbocycles. The highest BCUT2D eigenvalue weighted by molar-refractivity contribution is 7.12. The summed E-state index contributed by atoms with van der Waals surface area (Å²) in [6.45, 7) is 3.78. The molecular formula is C14H19NO4S. The van der Waals surface area contributed by atoms with Crippen LogP contribution in [-0.4, -0.2) is 28.8 Å². The topological polar surface area (TPSA) is 83.5 Å². The van der Waals surface area contributed by atoms with E-state index >= 15 is 0 Å². The quantitative estimate of drug-likeness (QED) is 0.721. The van der Waals surface area contributed by atoms with Crippen molar-refractivity contribution in [1.29, 1.82) is 0 Å². The lowest BCUT2D eigenvalue weighted by Crippen LogP contribution is -2.41. The summed E-state index contributed by atoms with van der Waals surface area (Å²) >= 11 is 1.33. The molecule has 20 heavy (non-hydrogen) atoms. The van der Waals surface area contributed by atoms with Crippen molar-refractivity contribution in [3.8, 4) is 0 Å². The third-order valence-corrected chi connectivity index (χ3v) is 3.63. The fourth-order valence-electron chi connectivity index (χ4n) is 1.75. The van der Waals surface area contributed by atoms with Gasteiger partial charge < -0.3 is 10.4 Å². The fourth-order valence-corrected chi connectivity index (χ4v) is 2.44. The Morgan fingerprint density at radius 3 is 2.50 bits per heavy atom. The predicted molar refractivity (Wildman–Crippen MR) is 76.9 cm³/mol. The molecule has 0 aliphatic carbocycles. The number of amides is 1. The molecule has 0 bridgehead atoms. The lowest BCUT2D eigenvalue weighted by Gasteiger charge is -2.16. The maximum absolute atomic E-state index is 11.7. The average Bonchev–Trinajstić information content (AvgIpc) is 2.88. The van der Waals surface area contributed by atoms with Gasteiger partial charge in [-0.1, -0.05) is 19.9 Å². The number of carboxylic acid groups (broad SMARTS) is 1. The van der Waals surface area contributed by atoms with Crippen molar-refractivity contribution < 1.29 is 19.5 Å². The normalized spacial score (nSPS) is 12.2. The van der Waals surface area contributed by atoms with Crippen molar-refractivity contribution in [2.75, 3.05) is 0 Å². The average molecular weight is 297 g/mol. The van der Waals surface area contributed by atoms with E-state index in [2.05, 4.69) is 5.32 Å². The molecule has 1 aromatic heterocycles. The number of thiophene rings is 1. The first-order chi connectivity index (χ1) is 9.40. The maximum atomic E-state index is 11.7. The van der Waals surface area contributed by atoms with Crippen LogP contribution in [0.2, 0.25) is 0 Å². The van der Waals surface area contributed by atoms with Crippen LogP contribution in [0.3, 0.4) is 0 Å². The van der Waals surface area contributed by atoms with Gasteiger partial charge in [0.1, 0.15) is 6.04 Å². The van der Waals surface area contributed by atoms with Gasteiger partial charge in [0.2, 0.25) is 5.91 Å². The second kappa shape index (κ2) is 7.79. The molecular weight excluding hydrogens is 278 g/mol. The molecule has 1 amide bonds. The van der Waals surface area contributed by atoms with Crippen molar-refractivity contribution in [2.24, 2.45) is 5.92 Å². The number of carboxylic acids is 1. The number of hydrogen-bond donors (Lipinski definition) is 2. The standard InChI is InChI=1S/C14H19NO4S/c1-9(2)8-10(14(18)19)15-13(17)6-5-11(16)12-4-3-7-20-12/h3-4,7,9-10H,5-6,8H2,1-2H3,(H,15,17)(H,18,19)/t10-/m1/s1. The van der Waals surface area contributed by atoms with E-state index in [0.717, 1.165) is 0 Å². The number of nitrogens with one attached hydrogen (secondary N) is 1. The number of carbonyl (C=O) groups is 3. The van der Waals surface area contributed by atoms with Gasteiger partial charge in [-0.25, -0.2) is 4.79 Å². The third kappa shape index (κ3) is 5.52. The molecule has 6 heteroatoms. The molecule has 110 valence electrons. The first-order valence-electron chi connectivity index (χ1n) is 6.49. The minimum Gasteiger partial charge on any atom is -0.480 e. The summed E-state index contributed by atoms with van der Waals surface area (Å²) in [6, 6.07) is 2.60. The first-order valence-corrected chi connectivity index (χ1v) is 7.37. The molecule has 1 rings (SSSR count). The highest BCUT2D eigenvalue weighted by Gasteiger charge is 2.21. The number of rotatable bonds is 8. The van der Waals surface area contributed by atoms with E-state index in [0.29, 0.717) is 11.3 Å². The smallest absolute Gasteiger partial charge is 0.326 e. The van der Waals surface area contributed by atoms with Crippen molar-refractivity contribution >= 4 is 29.0 Å². The molecule has 0 spiro atoms. The van der Waals surface area contributed by atoms with Crippen LogP contribution in [0.25, 0.3) is 0 Å². The molecule has 0 unspecified atom stereocenters. The number of carbonyl (C=O) groups excluding carboxylic acids is 2. The van der Waals surface area contributed by atoms with E-state index < -0.39 is 17.9 Å². The Hall–Kier alpha value is -1.69. The molecule has 0 aliphatic rings. The van der Waals surface area contributed by atoms with Gasteiger partial charge in [0.15, 0.2) is 5.78 Å². The minimum absolute atomic E-state index is 0.0125. The summed E-state index contributed by atoms with van der Waals surface area (Å²) in [7, 11) is 0. The Balaban J connectivity index is 2.42. The summed E-state index contributed by atoms with van der Waals surface area (Å²) in [5.41, 5.74) is 0. The van der Waals surface area contributed by atoms with Gasteiger partial charge in [0.05, 0.1) is 4.88 Å². The van der Waals surface area contributed by atoms with Crippen LogP contribution in [0.5, 0.6) is 0 Å². The zero-order valence-electron chi connectivity index (χ0n) is 11.6. The summed E-state index contributed by atoms with van der Waals surface area (Å²) in [5, 5.41) is 13.3. The summed E-state index contributed by atoms with van der Waals surface area (Å²) in [5.74, 6) is -1.37. The molecule has 0 saturated heterocycles. The molecule has 0 radical (unpaired) electrons. The van der Waals surface area contributed by atoms with Gasteiger partial charge in [-0.3, -0.25) is 9.59 Å². The van der Waals surface area contributed by atoms with Crippen molar-refractivity contribution in [3.05, 3.63) is 22.4 Å². The van der Waals surface area contributed by atoms with Gasteiger partial charge >= 0.3 is 5.97 Å². The van der Waals surface area contributed by atoms with Crippen molar-refractivity contribution in [1.82, 2.24) is 5.32 Å². The molecule has 5 nitrogen and oxygen atoms in total.